The topological polar surface area (TPSA) is 85.9 Å². The minimum absolute atomic E-state index is 0.0994. The van der Waals surface area contributed by atoms with Crippen molar-refractivity contribution in [2.24, 2.45) is 0 Å². The summed E-state index contributed by atoms with van der Waals surface area (Å²) in [5.74, 6) is -2.07. The zero-order valence-corrected chi connectivity index (χ0v) is 25.2. The molecule has 0 saturated carbocycles. The first-order chi connectivity index (χ1) is 20.0. The molecule has 0 fully saturated rings. The lowest BCUT2D eigenvalue weighted by atomic mass is 10.1. The number of halogens is 6. The minimum Gasteiger partial charge on any atom is -0.268 e. The molecule has 42 heavy (non-hydrogen) atoms. The Morgan fingerprint density at radius 2 is 1.31 bits per heavy atom. The fourth-order valence-corrected chi connectivity index (χ4v) is 5.03. The number of pyridine rings is 1. The molecule has 0 aliphatic carbocycles. The van der Waals surface area contributed by atoms with Crippen molar-refractivity contribution in [1.29, 1.82) is 0 Å². The molecule has 2 amide bonds. The zero-order chi connectivity index (χ0) is 30.0. The second-order valence-electron chi connectivity index (χ2n) is 9.09. The van der Waals surface area contributed by atoms with Crippen molar-refractivity contribution in [3.05, 3.63) is 127 Å². The monoisotopic (exact) mass is 720 g/mol. The normalized spacial score (nSPS) is 11.5. The van der Waals surface area contributed by atoms with Crippen molar-refractivity contribution in [2.45, 2.75) is 19.3 Å². The number of hydrogen-bond donors (Lipinski definition) is 0. The third-order valence-electron chi connectivity index (χ3n) is 6.01. The Morgan fingerprint density at radius 3 is 1.71 bits per heavy atom. The first-order valence-electron chi connectivity index (χ1n) is 12.1. The number of nitrogens with zero attached hydrogens (tertiary/aromatic N) is 6. The standard InChI is InChI=1S/C28H18Br2ClF3N6O2/c29-22-11-36-38(15-22)13-17-3-1-5-19(7-17)26(41)40(25-24(31)9-21(10-35-25)28(32,33)34)27(42)20-6-2-4-18(8-20)14-39-16-23(30)12-37-39/h1-12,15-16H,13-14H2. The van der Waals surface area contributed by atoms with Crippen molar-refractivity contribution in [2.75, 3.05) is 4.90 Å². The highest BCUT2D eigenvalue weighted by Gasteiger charge is 2.34. The Balaban J connectivity index is 1.53. The van der Waals surface area contributed by atoms with Crippen LogP contribution in [0.25, 0.3) is 0 Å². The number of rotatable bonds is 7. The van der Waals surface area contributed by atoms with Gasteiger partial charge in [-0.25, -0.2) is 9.88 Å². The van der Waals surface area contributed by atoms with E-state index in [0.29, 0.717) is 41.4 Å². The van der Waals surface area contributed by atoms with Crippen LogP contribution in [0.2, 0.25) is 5.02 Å². The molecule has 214 valence electrons. The van der Waals surface area contributed by atoms with Crippen LogP contribution in [0, 0.1) is 0 Å². The van der Waals surface area contributed by atoms with Gasteiger partial charge in [0.15, 0.2) is 5.82 Å². The van der Waals surface area contributed by atoms with Crippen LogP contribution in [0.5, 0.6) is 0 Å². The fourth-order valence-electron chi connectivity index (χ4n) is 4.12. The molecule has 0 bridgehead atoms. The van der Waals surface area contributed by atoms with Gasteiger partial charge in [-0.15, -0.1) is 0 Å². The minimum atomic E-state index is -4.72. The lowest BCUT2D eigenvalue weighted by molar-refractivity contribution is -0.137. The van der Waals surface area contributed by atoms with E-state index < -0.39 is 34.4 Å². The highest BCUT2D eigenvalue weighted by Crippen LogP contribution is 2.34. The maximum Gasteiger partial charge on any atom is 0.417 e. The van der Waals surface area contributed by atoms with Gasteiger partial charge in [-0.2, -0.15) is 23.4 Å². The van der Waals surface area contributed by atoms with E-state index in [0.717, 1.165) is 8.95 Å². The molecule has 3 heterocycles. The molecule has 14 heteroatoms. The predicted octanol–water partition coefficient (Wildman–Crippen LogP) is 7.26. The average Bonchev–Trinajstić information content (AvgIpc) is 3.55. The number of carbonyl (C=O) groups excluding carboxylic acids is 2. The molecule has 0 aliphatic rings. The van der Waals surface area contributed by atoms with E-state index in [4.69, 9.17) is 11.6 Å². The summed E-state index contributed by atoms with van der Waals surface area (Å²) in [5, 5.41) is 7.90. The summed E-state index contributed by atoms with van der Waals surface area (Å²) in [6.07, 6.45) is 2.56. The Morgan fingerprint density at radius 1 is 0.810 bits per heavy atom. The summed E-state index contributed by atoms with van der Waals surface area (Å²) in [5.41, 5.74) is 0.478. The van der Waals surface area contributed by atoms with E-state index >= 15 is 0 Å². The van der Waals surface area contributed by atoms with Gasteiger partial charge >= 0.3 is 6.18 Å². The second kappa shape index (κ2) is 12.2. The van der Waals surface area contributed by atoms with Gasteiger partial charge in [0, 0.05) is 29.7 Å². The molecule has 5 rings (SSSR count). The van der Waals surface area contributed by atoms with E-state index in [2.05, 4.69) is 47.0 Å². The summed E-state index contributed by atoms with van der Waals surface area (Å²) < 4.78 is 44.8. The Hall–Kier alpha value is -3.81. The Bertz CT molecular complexity index is 1690. The highest BCUT2D eigenvalue weighted by molar-refractivity contribution is 9.10. The zero-order valence-electron chi connectivity index (χ0n) is 21.3. The van der Waals surface area contributed by atoms with Crippen LogP contribution in [-0.4, -0.2) is 36.4 Å². The number of benzene rings is 2. The van der Waals surface area contributed by atoms with Gasteiger partial charge in [-0.3, -0.25) is 19.0 Å². The molecule has 0 saturated heterocycles. The van der Waals surface area contributed by atoms with Gasteiger partial charge in [-0.05, 0) is 73.3 Å². The molecular weight excluding hydrogens is 705 g/mol. The third kappa shape index (κ3) is 6.80. The molecule has 5 aromatic rings. The highest BCUT2D eigenvalue weighted by atomic mass is 79.9. The number of carbonyl (C=O) groups is 2. The van der Waals surface area contributed by atoms with Crippen LogP contribution in [0.4, 0.5) is 19.0 Å². The third-order valence-corrected chi connectivity index (χ3v) is 7.10. The SMILES string of the molecule is O=C(c1cccc(Cn2cc(Br)cn2)c1)N(C(=O)c1cccc(Cn2cc(Br)cn2)c1)c1ncc(C(F)(F)F)cc1Cl. The van der Waals surface area contributed by atoms with Crippen LogP contribution < -0.4 is 4.90 Å². The number of hydrogen-bond acceptors (Lipinski definition) is 5. The second-order valence-corrected chi connectivity index (χ2v) is 11.3. The van der Waals surface area contributed by atoms with Gasteiger partial charge in [0.2, 0.25) is 0 Å². The van der Waals surface area contributed by atoms with Crippen molar-refractivity contribution in [3.63, 3.8) is 0 Å². The number of imide groups is 1. The lowest BCUT2D eigenvalue weighted by Gasteiger charge is -2.22. The molecule has 0 spiro atoms. The van der Waals surface area contributed by atoms with Crippen molar-refractivity contribution in [1.82, 2.24) is 24.5 Å². The largest absolute Gasteiger partial charge is 0.417 e. The van der Waals surface area contributed by atoms with Gasteiger partial charge in [0.1, 0.15) is 0 Å². The smallest absolute Gasteiger partial charge is 0.268 e. The number of anilines is 1. The van der Waals surface area contributed by atoms with Gasteiger partial charge in [-0.1, -0.05) is 35.9 Å². The quantitative estimate of drug-likeness (QED) is 0.165. The van der Waals surface area contributed by atoms with E-state index in [1.54, 1.807) is 70.5 Å². The average molecular weight is 723 g/mol. The summed E-state index contributed by atoms with van der Waals surface area (Å²) in [4.78, 5) is 32.3. The first kappa shape index (κ1) is 29.7. The fraction of sp³-hybridized carbons (Fsp3) is 0.107. The van der Waals surface area contributed by atoms with Crippen LogP contribution in [0.3, 0.4) is 0 Å². The van der Waals surface area contributed by atoms with Gasteiger partial charge < -0.3 is 0 Å². The molecule has 0 aliphatic heterocycles. The molecule has 8 nitrogen and oxygen atoms in total. The number of amides is 2. The van der Waals surface area contributed by atoms with Crippen LogP contribution >= 0.6 is 43.5 Å². The Labute approximate surface area is 259 Å². The molecule has 0 atom stereocenters. The van der Waals surface area contributed by atoms with E-state index in [1.807, 2.05) is 0 Å². The molecular formula is C28H18Br2ClF3N6O2. The molecule has 3 aromatic heterocycles. The van der Waals surface area contributed by atoms with Crippen LogP contribution in [0.15, 0.2) is 94.5 Å². The summed E-state index contributed by atoms with van der Waals surface area (Å²) in [6, 6.07) is 13.6. The predicted molar refractivity (Wildman–Crippen MR) is 156 cm³/mol. The maximum absolute atomic E-state index is 13.9. The first-order valence-corrected chi connectivity index (χ1v) is 14.1. The summed E-state index contributed by atoms with van der Waals surface area (Å²) >= 11 is 12.9. The van der Waals surface area contributed by atoms with Crippen LogP contribution in [-0.2, 0) is 19.3 Å². The lowest BCUT2D eigenvalue weighted by Crippen LogP contribution is -2.38. The van der Waals surface area contributed by atoms with Crippen molar-refractivity contribution in [3.8, 4) is 0 Å². The van der Waals surface area contributed by atoms with Crippen LogP contribution in [0.1, 0.15) is 37.4 Å². The van der Waals surface area contributed by atoms with Crippen molar-refractivity contribution < 1.29 is 22.8 Å². The van der Waals surface area contributed by atoms with Gasteiger partial charge in [0.05, 0.1) is 45.0 Å². The number of alkyl halides is 3. The molecule has 2 aromatic carbocycles. The summed E-state index contributed by atoms with van der Waals surface area (Å²) in [6.45, 7) is 0.650. The maximum atomic E-state index is 13.9. The van der Waals surface area contributed by atoms with Gasteiger partial charge in [0.25, 0.3) is 11.8 Å². The van der Waals surface area contributed by atoms with E-state index in [-0.39, 0.29) is 11.1 Å². The molecule has 0 radical (unpaired) electrons. The number of aromatic nitrogens is 5. The Kier molecular flexibility index (Phi) is 8.62. The van der Waals surface area contributed by atoms with E-state index in [1.165, 1.54) is 12.1 Å². The molecule has 0 unspecified atom stereocenters. The summed E-state index contributed by atoms with van der Waals surface area (Å²) in [7, 11) is 0. The van der Waals surface area contributed by atoms with Crippen molar-refractivity contribution >= 4 is 61.1 Å². The van der Waals surface area contributed by atoms with E-state index in [9.17, 15) is 22.8 Å². The molecule has 0 N–H and O–H groups in total.